The molecule has 1 aromatic heterocycles. The van der Waals surface area contributed by atoms with E-state index in [0.717, 1.165) is 28.1 Å². The first-order valence-electron chi connectivity index (χ1n) is 7.11. The molecule has 112 valence electrons. The van der Waals surface area contributed by atoms with E-state index in [0.29, 0.717) is 0 Å². The van der Waals surface area contributed by atoms with Gasteiger partial charge in [0.15, 0.2) is 0 Å². The molecular weight excluding hydrogens is 276 g/mol. The predicted molar refractivity (Wildman–Crippen MR) is 87.5 cm³/mol. The molecule has 3 aromatic rings. The van der Waals surface area contributed by atoms with Crippen LogP contribution in [0.4, 0.5) is 5.69 Å². The van der Waals surface area contributed by atoms with Crippen molar-refractivity contribution < 1.29 is 4.79 Å². The Morgan fingerprint density at radius 2 is 1.86 bits per heavy atom. The topological polar surface area (TPSA) is 72.9 Å². The first-order chi connectivity index (χ1) is 10.6. The Morgan fingerprint density at radius 3 is 2.50 bits per heavy atom. The predicted octanol–water partition coefficient (Wildman–Crippen LogP) is 2.58. The number of carbonyl (C=O) groups excluding carboxylic acids is 1. The van der Waals surface area contributed by atoms with Crippen LogP contribution in [0.5, 0.6) is 0 Å². The molecule has 5 heteroatoms. The minimum Gasteiger partial charge on any atom is -0.330 e. The number of aromatic nitrogens is 2. The van der Waals surface area contributed by atoms with E-state index >= 15 is 0 Å². The fourth-order valence-electron chi connectivity index (χ4n) is 2.57. The highest BCUT2D eigenvalue weighted by Gasteiger charge is 2.16. The van der Waals surface area contributed by atoms with Crippen molar-refractivity contribution in [2.45, 2.75) is 13.0 Å². The summed E-state index contributed by atoms with van der Waals surface area (Å²) in [5.41, 5.74) is 10.1. The molecule has 0 saturated heterocycles. The third kappa shape index (κ3) is 2.58. The number of fused-ring (bicyclic) bond motifs is 1. The van der Waals surface area contributed by atoms with Crippen molar-refractivity contribution >= 4 is 22.6 Å². The van der Waals surface area contributed by atoms with E-state index in [1.54, 1.807) is 0 Å². The second-order valence-electron chi connectivity index (χ2n) is 5.30. The van der Waals surface area contributed by atoms with Crippen molar-refractivity contribution in [3.63, 3.8) is 0 Å². The molecule has 2 aromatic carbocycles. The molecular formula is C17H18N4O. The Hall–Kier alpha value is -2.66. The van der Waals surface area contributed by atoms with Crippen LogP contribution in [-0.4, -0.2) is 15.5 Å². The van der Waals surface area contributed by atoms with Gasteiger partial charge < -0.3 is 15.6 Å². The normalized spacial score (nSPS) is 12.3. The summed E-state index contributed by atoms with van der Waals surface area (Å²) in [5, 5.41) is 2.74. The Balaban J connectivity index is 1.93. The molecule has 1 heterocycles. The number of rotatable bonds is 3. The van der Waals surface area contributed by atoms with E-state index in [1.807, 2.05) is 60.1 Å². The number of hydrogen-bond donors (Lipinski definition) is 2. The molecule has 0 spiro atoms. The zero-order chi connectivity index (χ0) is 15.7. The van der Waals surface area contributed by atoms with Crippen molar-refractivity contribution in [1.82, 2.24) is 9.55 Å². The molecule has 22 heavy (non-hydrogen) atoms. The molecule has 1 amide bonds. The summed E-state index contributed by atoms with van der Waals surface area (Å²) in [6, 6.07) is 15.2. The first-order valence-corrected chi connectivity index (χ1v) is 7.11. The fourth-order valence-corrected chi connectivity index (χ4v) is 2.57. The van der Waals surface area contributed by atoms with Crippen molar-refractivity contribution in [2.24, 2.45) is 12.8 Å². The number of nitrogens with one attached hydrogen (secondary N) is 1. The molecule has 0 bridgehead atoms. The van der Waals surface area contributed by atoms with Gasteiger partial charge in [-0.25, -0.2) is 4.98 Å². The summed E-state index contributed by atoms with van der Waals surface area (Å²) in [7, 11) is 1.97. The molecule has 1 atom stereocenters. The Kier molecular flexibility index (Phi) is 3.65. The molecule has 3 rings (SSSR count). The number of amides is 1. The summed E-state index contributed by atoms with van der Waals surface area (Å²) in [5.74, 6) is 0.723. The summed E-state index contributed by atoms with van der Waals surface area (Å²) in [6.45, 7) is 1.49. The van der Waals surface area contributed by atoms with Gasteiger partial charge in [-0.15, -0.1) is 0 Å². The maximum absolute atomic E-state index is 11.0. The maximum atomic E-state index is 11.0. The molecule has 0 radical (unpaired) electrons. The van der Waals surface area contributed by atoms with E-state index < -0.39 is 0 Å². The third-order valence-electron chi connectivity index (χ3n) is 3.69. The highest BCUT2D eigenvalue weighted by molar-refractivity contribution is 5.88. The number of carbonyl (C=O) groups is 1. The number of nitrogens with two attached hydrogens (primary N) is 1. The highest BCUT2D eigenvalue weighted by Crippen LogP contribution is 2.24. The Labute approximate surface area is 128 Å². The van der Waals surface area contributed by atoms with E-state index in [2.05, 4.69) is 10.3 Å². The van der Waals surface area contributed by atoms with Gasteiger partial charge in [-0.3, -0.25) is 4.79 Å². The van der Waals surface area contributed by atoms with Crippen LogP contribution in [-0.2, 0) is 11.8 Å². The first kappa shape index (κ1) is 14.3. The van der Waals surface area contributed by atoms with Gasteiger partial charge >= 0.3 is 0 Å². The molecule has 0 aliphatic carbocycles. The second kappa shape index (κ2) is 5.61. The average molecular weight is 294 g/mol. The van der Waals surface area contributed by atoms with Crippen LogP contribution >= 0.6 is 0 Å². The van der Waals surface area contributed by atoms with Crippen LogP contribution in [0.15, 0.2) is 48.5 Å². The summed E-state index contributed by atoms with van der Waals surface area (Å²) in [6.07, 6.45) is 0. The minimum absolute atomic E-state index is 0.0904. The molecule has 5 nitrogen and oxygen atoms in total. The van der Waals surface area contributed by atoms with Crippen LogP contribution in [0.25, 0.3) is 11.0 Å². The maximum Gasteiger partial charge on any atom is 0.221 e. The summed E-state index contributed by atoms with van der Waals surface area (Å²) < 4.78 is 2.02. The Bertz CT molecular complexity index is 820. The lowest BCUT2D eigenvalue weighted by Gasteiger charge is -2.13. The molecule has 0 fully saturated rings. The van der Waals surface area contributed by atoms with Gasteiger partial charge in [-0.1, -0.05) is 24.3 Å². The number of benzene rings is 2. The van der Waals surface area contributed by atoms with Gasteiger partial charge in [-0.2, -0.15) is 0 Å². The average Bonchev–Trinajstić information content (AvgIpc) is 2.84. The van der Waals surface area contributed by atoms with Gasteiger partial charge in [0.2, 0.25) is 5.91 Å². The largest absolute Gasteiger partial charge is 0.330 e. The zero-order valence-electron chi connectivity index (χ0n) is 12.6. The SMILES string of the molecule is CC(=O)Nc1ccc(C(N)c2nc3ccccc3n2C)cc1. The summed E-state index contributed by atoms with van der Waals surface area (Å²) >= 11 is 0. The lowest BCUT2D eigenvalue weighted by Crippen LogP contribution is -2.16. The monoisotopic (exact) mass is 294 g/mol. The third-order valence-corrected chi connectivity index (χ3v) is 3.69. The van der Waals surface area contributed by atoms with Crippen LogP contribution in [0.2, 0.25) is 0 Å². The molecule has 0 saturated carbocycles. The number of anilines is 1. The molecule has 0 aliphatic heterocycles. The summed E-state index contributed by atoms with van der Waals surface area (Å²) in [4.78, 5) is 15.7. The van der Waals surface area contributed by atoms with Crippen LogP contribution < -0.4 is 11.1 Å². The highest BCUT2D eigenvalue weighted by atomic mass is 16.1. The number of imidazole rings is 1. The van der Waals surface area contributed by atoms with E-state index in [9.17, 15) is 4.79 Å². The Morgan fingerprint density at radius 1 is 1.18 bits per heavy atom. The van der Waals surface area contributed by atoms with Gasteiger partial charge in [0.1, 0.15) is 5.82 Å². The fraction of sp³-hybridized carbons (Fsp3) is 0.176. The van der Waals surface area contributed by atoms with Gasteiger partial charge in [-0.05, 0) is 29.8 Å². The number of para-hydroxylation sites is 2. The number of nitrogens with zero attached hydrogens (tertiary/aromatic N) is 2. The molecule has 3 N–H and O–H groups in total. The zero-order valence-corrected chi connectivity index (χ0v) is 12.6. The van der Waals surface area contributed by atoms with Crippen LogP contribution in [0.1, 0.15) is 24.4 Å². The number of aryl methyl sites for hydroxylation is 1. The van der Waals surface area contributed by atoms with Crippen molar-refractivity contribution in [3.8, 4) is 0 Å². The lowest BCUT2D eigenvalue weighted by molar-refractivity contribution is -0.114. The lowest BCUT2D eigenvalue weighted by atomic mass is 10.1. The van der Waals surface area contributed by atoms with E-state index in [1.165, 1.54) is 6.92 Å². The quantitative estimate of drug-likeness (QED) is 0.779. The van der Waals surface area contributed by atoms with Crippen molar-refractivity contribution in [1.29, 1.82) is 0 Å². The van der Waals surface area contributed by atoms with Gasteiger partial charge in [0.25, 0.3) is 0 Å². The van der Waals surface area contributed by atoms with Gasteiger partial charge in [0, 0.05) is 19.7 Å². The second-order valence-corrected chi connectivity index (χ2v) is 5.30. The van der Waals surface area contributed by atoms with Crippen molar-refractivity contribution in [2.75, 3.05) is 5.32 Å². The number of hydrogen-bond acceptors (Lipinski definition) is 3. The van der Waals surface area contributed by atoms with Gasteiger partial charge in [0.05, 0.1) is 17.1 Å². The van der Waals surface area contributed by atoms with E-state index in [-0.39, 0.29) is 11.9 Å². The molecule has 1 unspecified atom stereocenters. The standard InChI is InChI=1S/C17H18N4O/c1-11(22)19-13-9-7-12(8-10-13)16(18)17-20-14-5-3-4-6-15(14)21(17)2/h3-10,16H,18H2,1-2H3,(H,19,22). The minimum atomic E-state index is -0.316. The van der Waals surface area contributed by atoms with Crippen LogP contribution in [0, 0.1) is 0 Å². The molecule has 0 aliphatic rings. The van der Waals surface area contributed by atoms with Crippen molar-refractivity contribution in [3.05, 3.63) is 59.9 Å². The smallest absolute Gasteiger partial charge is 0.221 e. The van der Waals surface area contributed by atoms with E-state index in [4.69, 9.17) is 5.73 Å². The van der Waals surface area contributed by atoms with Crippen LogP contribution in [0.3, 0.4) is 0 Å².